The van der Waals surface area contributed by atoms with E-state index in [1.165, 1.54) is 0 Å². The van der Waals surface area contributed by atoms with Crippen molar-refractivity contribution in [1.29, 1.82) is 0 Å². The Morgan fingerprint density at radius 1 is 1.50 bits per heavy atom. The first-order chi connectivity index (χ1) is 9.61. The van der Waals surface area contributed by atoms with Gasteiger partial charge in [0.1, 0.15) is 5.69 Å². The molecule has 1 aliphatic rings. The summed E-state index contributed by atoms with van der Waals surface area (Å²) in [5, 5.41) is 0. The minimum Gasteiger partial charge on any atom is -0.382 e. The van der Waals surface area contributed by atoms with Crippen molar-refractivity contribution in [2.24, 2.45) is 13.0 Å². The van der Waals surface area contributed by atoms with Gasteiger partial charge in [0.25, 0.3) is 5.91 Å². The first kappa shape index (κ1) is 15.5. The number of likely N-dealkylation sites (tertiary alicyclic amines) is 1. The van der Waals surface area contributed by atoms with E-state index in [4.69, 9.17) is 9.47 Å². The molecule has 1 saturated heterocycles. The van der Waals surface area contributed by atoms with Crippen LogP contribution in [0.15, 0.2) is 16.7 Å². The molecule has 5 nitrogen and oxygen atoms in total. The average molecular weight is 345 g/mol. The number of hydrogen-bond donors (Lipinski definition) is 0. The molecule has 112 valence electrons. The Morgan fingerprint density at radius 2 is 2.30 bits per heavy atom. The van der Waals surface area contributed by atoms with Gasteiger partial charge >= 0.3 is 0 Å². The fraction of sp³-hybridized carbons (Fsp3) is 0.643. The van der Waals surface area contributed by atoms with Gasteiger partial charge in [0, 0.05) is 43.8 Å². The molecule has 1 aromatic rings. The summed E-state index contributed by atoms with van der Waals surface area (Å²) in [6.07, 6.45) is 2.90. The topological polar surface area (TPSA) is 43.7 Å². The zero-order chi connectivity index (χ0) is 14.5. The lowest BCUT2D eigenvalue weighted by Crippen LogP contribution is -2.30. The van der Waals surface area contributed by atoms with Crippen molar-refractivity contribution in [3.05, 3.63) is 22.4 Å². The second kappa shape index (κ2) is 7.24. The van der Waals surface area contributed by atoms with E-state index in [1.807, 2.05) is 28.8 Å². The van der Waals surface area contributed by atoms with Crippen molar-refractivity contribution in [2.75, 3.05) is 40.0 Å². The maximum atomic E-state index is 12.4. The largest absolute Gasteiger partial charge is 0.382 e. The molecule has 0 saturated carbocycles. The lowest BCUT2D eigenvalue weighted by Gasteiger charge is -2.17. The molecule has 2 rings (SSSR count). The lowest BCUT2D eigenvalue weighted by molar-refractivity contribution is 0.0514. The van der Waals surface area contributed by atoms with Crippen LogP contribution in [-0.4, -0.2) is 55.4 Å². The highest BCUT2D eigenvalue weighted by Gasteiger charge is 2.28. The Hall–Kier alpha value is -0.850. The van der Waals surface area contributed by atoms with E-state index in [9.17, 15) is 4.79 Å². The number of halogens is 1. The zero-order valence-electron chi connectivity index (χ0n) is 12.0. The van der Waals surface area contributed by atoms with E-state index in [1.54, 1.807) is 7.11 Å². The lowest BCUT2D eigenvalue weighted by atomic mass is 10.1. The fourth-order valence-corrected chi connectivity index (χ4v) is 2.97. The minimum absolute atomic E-state index is 0.0950. The number of aryl methyl sites for hydroxylation is 1. The molecule has 1 amide bonds. The Labute approximate surface area is 128 Å². The van der Waals surface area contributed by atoms with Crippen molar-refractivity contribution in [3.63, 3.8) is 0 Å². The smallest absolute Gasteiger partial charge is 0.270 e. The van der Waals surface area contributed by atoms with Crippen molar-refractivity contribution >= 4 is 21.8 Å². The summed E-state index contributed by atoms with van der Waals surface area (Å²) in [4.78, 5) is 14.3. The summed E-state index contributed by atoms with van der Waals surface area (Å²) in [6.45, 7) is 3.51. The predicted molar refractivity (Wildman–Crippen MR) is 79.8 cm³/mol. The molecule has 0 N–H and O–H groups in total. The monoisotopic (exact) mass is 344 g/mol. The standard InChI is InChI=1S/C14H21BrN2O3/c1-16-9-12(15)7-13(16)14(18)17-4-3-11(8-17)10-20-6-5-19-2/h7,9,11H,3-6,8,10H2,1-2H3/t11-/m0/s1. The fourth-order valence-electron chi connectivity index (χ4n) is 2.44. The highest BCUT2D eigenvalue weighted by atomic mass is 79.9. The highest BCUT2D eigenvalue weighted by Crippen LogP contribution is 2.21. The molecular formula is C14H21BrN2O3. The molecule has 1 fully saturated rings. The first-order valence-electron chi connectivity index (χ1n) is 6.79. The van der Waals surface area contributed by atoms with Gasteiger partial charge in [-0.1, -0.05) is 0 Å². The number of aromatic nitrogens is 1. The van der Waals surface area contributed by atoms with Crippen molar-refractivity contribution in [3.8, 4) is 0 Å². The predicted octanol–water partition coefficient (Wildman–Crippen LogP) is 1.91. The van der Waals surface area contributed by atoms with Crippen LogP contribution in [0.2, 0.25) is 0 Å². The van der Waals surface area contributed by atoms with Crippen LogP contribution in [0.4, 0.5) is 0 Å². The average Bonchev–Trinajstić information content (AvgIpc) is 3.01. The molecule has 0 bridgehead atoms. The van der Waals surface area contributed by atoms with Gasteiger partial charge in [-0.2, -0.15) is 0 Å². The van der Waals surface area contributed by atoms with E-state index in [0.717, 1.165) is 29.7 Å². The zero-order valence-corrected chi connectivity index (χ0v) is 13.6. The number of nitrogens with zero attached hydrogens (tertiary/aromatic N) is 2. The third-order valence-electron chi connectivity index (χ3n) is 3.55. The SMILES string of the molecule is COCCOC[C@H]1CCN(C(=O)c2cc(Br)cn2C)C1. The van der Waals surface area contributed by atoms with Crippen LogP contribution in [0.1, 0.15) is 16.9 Å². The molecule has 20 heavy (non-hydrogen) atoms. The quantitative estimate of drug-likeness (QED) is 0.740. The van der Waals surface area contributed by atoms with E-state index < -0.39 is 0 Å². The number of rotatable bonds is 6. The molecule has 1 aromatic heterocycles. The van der Waals surface area contributed by atoms with Crippen LogP contribution in [0.5, 0.6) is 0 Å². The molecular weight excluding hydrogens is 324 g/mol. The third kappa shape index (κ3) is 3.84. The summed E-state index contributed by atoms with van der Waals surface area (Å²) < 4.78 is 13.3. The van der Waals surface area contributed by atoms with Gasteiger partial charge in [-0.3, -0.25) is 4.79 Å². The van der Waals surface area contributed by atoms with Crippen LogP contribution in [-0.2, 0) is 16.5 Å². The Morgan fingerprint density at radius 3 is 2.95 bits per heavy atom. The van der Waals surface area contributed by atoms with Crippen LogP contribution < -0.4 is 0 Å². The second-order valence-electron chi connectivity index (χ2n) is 5.13. The number of carbonyl (C=O) groups excluding carboxylic acids is 1. The Bertz CT molecular complexity index is 461. The number of hydrogen-bond acceptors (Lipinski definition) is 3. The van der Waals surface area contributed by atoms with Gasteiger partial charge in [0.15, 0.2) is 0 Å². The third-order valence-corrected chi connectivity index (χ3v) is 3.98. The molecule has 1 atom stereocenters. The molecule has 0 unspecified atom stereocenters. The molecule has 0 spiro atoms. The van der Waals surface area contributed by atoms with Gasteiger partial charge in [0.2, 0.25) is 0 Å². The highest BCUT2D eigenvalue weighted by molar-refractivity contribution is 9.10. The van der Waals surface area contributed by atoms with Crippen molar-refractivity contribution < 1.29 is 14.3 Å². The number of amides is 1. The summed E-state index contributed by atoms with van der Waals surface area (Å²) in [6, 6.07) is 1.87. The summed E-state index contributed by atoms with van der Waals surface area (Å²) in [7, 11) is 3.55. The number of methoxy groups -OCH3 is 1. The van der Waals surface area contributed by atoms with Crippen LogP contribution >= 0.6 is 15.9 Å². The molecule has 0 radical (unpaired) electrons. The van der Waals surface area contributed by atoms with Gasteiger partial charge in [0.05, 0.1) is 19.8 Å². The van der Waals surface area contributed by atoms with E-state index in [0.29, 0.717) is 25.7 Å². The van der Waals surface area contributed by atoms with Crippen LogP contribution in [0, 0.1) is 5.92 Å². The maximum absolute atomic E-state index is 12.4. The number of ether oxygens (including phenoxy) is 2. The van der Waals surface area contributed by atoms with Gasteiger partial charge in [-0.15, -0.1) is 0 Å². The summed E-state index contributed by atoms with van der Waals surface area (Å²) in [5.41, 5.74) is 0.720. The molecule has 1 aliphatic heterocycles. The maximum Gasteiger partial charge on any atom is 0.270 e. The molecule has 6 heteroatoms. The van der Waals surface area contributed by atoms with Crippen LogP contribution in [0.3, 0.4) is 0 Å². The van der Waals surface area contributed by atoms with Gasteiger partial charge in [-0.05, 0) is 28.4 Å². The minimum atomic E-state index is 0.0950. The van der Waals surface area contributed by atoms with Crippen molar-refractivity contribution in [1.82, 2.24) is 9.47 Å². The van der Waals surface area contributed by atoms with E-state index in [-0.39, 0.29) is 5.91 Å². The second-order valence-corrected chi connectivity index (χ2v) is 6.04. The summed E-state index contributed by atoms with van der Waals surface area (Å²) in [5.74, 6) is 0.525. The molecule has 0 aliphatic carbocycles. The van der Waals surface area contributed by atoms with Crippen LogP contribution in [0.25, 0.3) is 0 Å². The molecule has 0 aromatic carbocycles. The molecule has 2 heterocycles. The Balaban J connectivity index is 1.83. The van der Waals surface area contributed by atoms with E-state index in [2.05, 4.69) is 15.9 Å². The van der Waals surface area contributed by atoms with E-state index >= 15 is 0 Å². The number of carbonyl (C=O) groups is 1. The normalized spacial score (nSPS) is 18.8. The van der Waals surface area contributed by atoms with Gasteiger partial charge in [-0.25, -0.2) is 0 Å². The first-order valence-corrected chi connectivity index (χ1v) is 7.59. The van der Waals surface area contributed by atoms with Crippen molar-refractivity contribution in [2.45, 2.75) is 6.42 Å². The van der Waals surface area contributed by atoms with Gasteiger partial charge < -0.3 is 18.9 Å². The Kier molecular flexibility index (Phi) is 5.63. The summed E-state index contributed by atoms with van der Waals surface area (Å²) >= 11 is 3.40.